The van der Waals surface area contributed by atoms with Gasteiger partial charge in [-0.25, -0.2) is 0 Å². The molecule has 6 nitrogen and oxygen atoms in total. The molecule has 0 radical (unpaired) electrons. The highest BCUT2D eigenvalue weighted by atomic mass is 16.6. The van der Waals surface area contributed by atoms with Gasteiger partial charge in [-0.1, -0.05) is 13.0 Å². The van der Waals surface area contributed by atoms with E-state index in [1.54, 1.807) is 0 Å². The summed E-state index contributed by atoms with van der Waals surface area (Å²) in [6.07, 6.45) is 2.15. The van der Waals surface area contributed by atoms with Crippen LogP contribution in [0.3, 0.4) is 0 Å². The molecule has 0 unspecified atom stereocenters. The number of nitrogens with two attached hydrogens (primary N) is 1. The van der Waals surface area contributed by atoms with Gasteiger partial charge in [0.25, 0.3) is 5.91 Å². The third-order valence-corrected chi connectivity index (χ3v) is 3.27. The summed E-state index contributed by atoms with van der Waals surface area (Å²) >= 11 is 0. The first-order valence-electron chi connectivity index (χ1n) is 5.74. The summed E-state index contributed by atoms with van der Waals surface area (Å²) < 4.78 is 0. The lowest BCUT2D eigenvalue weighted by Gasteiger charge is -2.10. The van der Waals surface area contributed by atoms with Crippen molar-refractivity contribution in [3.8, 4) is 0 Å². The zero-order chi connectivity index (χ0) is 13.3. The summed E-state index contributed by atoms with van der Waals surface area (Å²) in [4.78, 5) is 22.2. The van der Waals surface area contributed by atoms with Gasteiger partial charge < -0.3 is 11.1 Å². The number of para-hydroxylation sites is 1. The van der Waals surface area contributed by atoms with Crippen molar-refractivity contribution in [3.05, 3.63) is 33.9 Å². The van der Waals surface area contributed by atoms with Gasteiger partial charge in [-0.3, -0.25) is 14.9 Å². The van der Waals surface area contributed by atoms with E-state index in [1.807, 2.05) is 0 Å². The number of anilines is 1. The maximum Gasteiger partial charge on any atom is 0.304 e. The topological polar surface area (TPSA) is 98.3 Å². The molecule has 0 bridgehead atoms. The highest BCUT2D eigenvalue weighted by molar-refractivity contribution is 6.00. The summed E-state index contributed by atoms with van der Waals surface area (Å²) in [6.45, 7) is 2.61. The van der Waals surface area contributed by atoms with Gasteiger partial charge >= 0.3 is 5.69 Å². The molecule has 96 valence electrons. The largest absolute Gasteiger partial charge is 0.393 e. The molecule has 1 amide bonds. The van der Waals surface area contributed by atoms with Crippen LogP contribution in [0.1, 0.15) is 30.1 Å². The van der Waals surface area contributed by atoms with E-state index in [0.29, 0.717) is 6.54 Å². The van der Waals surface area contributed by atoms with Gasteiger partial charge in [0, 0.05) is 6.54 Å². The number of nitrogens with zero attached hydrogens (tertiary/aromatic N) is 1. The number of hydrogen-bond donors (Lipinski definition) is 2. The van der Waals surface area contributed by atoms with Crippen molar-refractivity contribution in [1.82, 2.24) is 5.32 Å². The molecular weight excluding hydrogens is 234 g/mol. The molecule has 3 N–H and O–H groups in total. The quantitative estimate of drug-likeness (QED) is 0.482. The standard InChI is InChI=1S/C12H15N3O3/c1-12(5-6-12)7-14-11(16)8-3-2-4-9(13)10(8)15(17)18/h2-4H,5-7,13H2,1H3,(H,14,16). The van der Waals surface area contributed by atoms with E-state index in [-0.39, 0.29) is 22.4 Å². The monoisotopic (exact) mass is 249 g/mol. The van der Waals surface area contributed by atoms with E-state index in [0.717, 1.165) is 12.8 Å². The van der Waals surface area contributed by atoms with Crippen LogP contribution < -0.4 is 11.1 Å². The first-order valence-corrected chi connectivity index (χ1v) is 5.74. The molecule has 18 heavy (non-hydrogen) atoms. The number of nitrogens with one attached hydrogen (secondary N) is 1. The molecule has 6 heteroatoms. The number of nitro benzene ring substituents is 1. The number of rotatable bonds is 4. The SMILES string of the molecule is CC1(CNC(=O)c2cccc(N)c2[N+](=O)[O-])CC1. The fraction of sp³-hybridized carbons (Fsp3) is 0.417. The predicted molar refractivity (Wildman–Crippen MR) is 67.2 cm³/mol. The third kappa shape index (κ3) is 2.42. The van der Waals surface area contributed by atoms with Crippen molar-refractivity contribution in [2.24, 2.45) is 5.41 Å². The van der Waals surface area contributed by atoms with Gasteiger partial charge in [-0.2, -0.15) is 0 Å². The van der Waals surface area contributed by atoms with Gasteiger partial charge in [0.15, 0.2) is 0 Å². The van der Waals surface area contributed by atoms with Crippen molar-refractivity contribution >= 4 is 17.3 Å². The number of benzene rings is 1. The maximum absolute atomic E-state index is 11.9. The second-order valence-electron chi connectivity index (χ2n) is 4.99. The lowest BCUT2D eigenvalue weighted by Crippen LogP contribution is -2.29. The molecule has 1 saturated carbocycles. The van der Waals surface area contributed by atoms with E-state index < -0.39 is 10.8 Å². The second kappa shape index (κ2) is 4.29. The number of carbonyl (C=O) groups is 1. The molecule has 0 saturated heterocycles. The number of carbonyl (C=O) groups excluding carboxylic acids is 1. The number of amides is 1. The molecule has 2 rings (SSSR count). The van der Waals surface area contributed by atoms with Crippen LogP contribution in [0.25, 0.3) is 0 Å². The van der Waals surface area contributed by atoms with E-state index >= 15 is 0 Å². The smallest absolute Gasteiger partial charge is 0.304 e. The molecule has 1 aliphatic rings. The first kappa shape index (κ1) is 12.3. The fourth-order valence-corrected chi connectivity index (χ4v) is 1.73. The van der Waals surface area contributed by atoms with Crippen LogP contribution in [0.4, 0.5) is 11.4 Å². The molecule has 0 atom stereocenters. The van der Waals surface area contributed by atoms with Crippen molar-refractivity contribution < 1.29 is 9.72 Å². The van der Waals surface area contributed by atoms with E-state index in [4.69, 9.17) is 5.73 Å². The molecule has 1 aliphatic carbocycles. The zero-order valence-corrected chi connectivity index (χ0v) is 10.1. The lowest BCUT2D eigenvalue weighted by molar-refractivity contribution is -0.384. The summed E-state index contributed by atoms with van der Waals surface area (Å²) in [7, 11) is 0. The minimum atomic E-state index is -0.622. The molecule has 0 spiro atoms. The normalized spacial score (nSPS) is 16.1. The van der Waals surface area contributed by atoms with Crippen LogP contribution in [0, 0.1) is 15.5 Å². The minimum absolute atomic E-state index is 0.00489. The molecular formula is C12H15N3O3. The van der Waals surface area contributed by atoms with Crippen molar-refractivity contribution in [2.75, 3.05) is 12.3 Å². The Labute approximate surface area is 104 Å². The van der Waals surface area contributed by atoms with E-state index in [2.05, 4.69) is 12.2 Å². The second-order valence-corrected chi connectivity index (χ2v) is 4.99. The average molecular weight is 249 g/mol. The molecule has 1 aromatic rings. The number of nitro groups is 1. The predicted octanol–water partition coefficient (Wildman–Crippen LogP) is 1.71. The Morgan fingerprint density at radius 1 is 1.56 bits per heavy atom. The fourth-order valence-electron chi connectivity index (χ4n) is 1.73. The average Bonchev–Trinajstić information content (AvgIpc) is 3.04. The minimum Gasteiger partial charge on any atom is -0.393 e. The van der Waals surface area contributed by atoms with Gasteiger partial charge in [0.1, 0.15) is 11.3 Å². The maximum atomic E-state index is 11.9. The van der Waals surface area contributed by atoms with Gasteiger partial charge in [0.05, 0.1) is 4.92 Å². The Kier molecular flexibility index (Phi) is 2.94. The van der Waals surface area contributed by atoms with Crippen LogP contribution in [0.2, 0.25) is 0 Å². The molecule has 1 fully saturated rings. The zero-order valence-electron chi connectivity index (χ0n) is 10.1. The van der Waals surface area contributed by atoms with Gasteiger partial charge in [0.2, 0.25) is 0 Å². The summed E-state index contributed by atoms with van der Waals surface area (Å²) in [5.74, 6) is -0.442. The first-order chi connectivity index (χ1) is 8.43. The number of nitrogen functional groups attached to an aromatic ring is 1. The van der Waals surface area contributed by atoms with E-state index in [1.165, 1.54) is 18.2 Å². The summed E-state index contributed by atoms with van der Waals surface area (Å²) in [5.41, 5.74) is 5.39. The Morgan fingerprint density at radius 3 is 2.78 bits per heavy atom. The van der Waals surface area contributed by atoms with Crippen LogP contribution in [-0.2, 0) is 0 Å². The Balaban J connectivity index is 2.19. The van der Waals surface area contributed by atoms with Gasteiger partial charge in [-0.15, -0.1) is 0 Å². The molecule has 1 aromatic carbocycles. The lowest BCUT2D eigenvalue weighted by atomic mass is 10.1. The molecule has 0 aromatic heterocycles. The van der Waals surface area contributed by atoms with Crippen molar-refractivity contribution in [2.45, 2.75) is 19.8 Å². The molecule has 0 heterocycles. The Morgan fingerprint density at radius 2 is 2.22 bits per heavy atom. The van der Waals surface area contributed by atoms with Crippen molar-refractivity contribution in [3.63, 3.8) is 0 Å². The number of hydrogen-bond acceptors (Lipinski definition) is 4. The van der Waals surface area contributed by atoms with Gasteiger partial charge in [-0.05, 0) is 30.4 Å². The van der Waals surface area contributed by atoms with Crippen molar-refractivity contribution in [1.29, 1.82) is 0 Å². The van der Waals surface area contributed by atoms with Crippen LogP contribution in [0.15, 0.2) is 18.2 Å². The Bertz CT molecular complexity index is 509. The molecule has 0 aliphatic heterocycles. The summed E-state index contributed by atoms with van der Waals surface area (Å²) in [5, 5.41) is 13.6. The van der Waals surface area contributed by atoms with Crippen LogP contribution >= 0.6 is 0 Å². The van der Waals surface area contributed by atoms with Crippen LogP contribution in [0.5, 0.6) is 0 Å². The highest BCUT2D eigenvalue weighted by Crippen LogP contribution is 2.44. The summed E-state index contributed by atoms with van der Waals surface area (Å²) in [6, 6.07) is 4.37. The van der Waals surface area contributed by atoms with E-state index in [9.17, 15) is 14.9 Å². The van der Waals surface area contributed by atoms with Crippen LogP contribution in [-0.4, -0.2) is 17.4 Å². The Hall–Kier alpha value is -2.11. The highest BCUT2D eigenvalue weighted by Gasteiger charge is 2.37. The third-order valence-electron chi connectivity index (χ3n) is 3.27.